The minimum atomic E-state index is 0.752. The van der Waals surface area contributed by atoms with Crippen LogP contribution in [0, 0.1) is 0 Å². The molecule has 1 heterocycles. The Morgan fingerprint density at radius 2 is 1.53 bits per heavy atom. The highest BCUT2D eigenvalue weighted by molar-refractivity contribution is 4.78. The molecule has 1 N–H and O–H groups in total. The fraction of sp³-hybridized carbons (Fsp3) is 1.00. The van der Waals surface area contributed by atoms with Crippen molar-refractivity contribution in [3.8, 4) is 0 Å². The molecular weight excluding hydrogens is 210 g/mol. The molecule has 0 saturated carbocycles. The highest BCUT2D eigenvalue weighted by atomic mass is 15.3. The average Bonchev–Trinajstić information content (AvgIpc) is 2.38. The third-order valence-corrected chi connectivity index (χ3v) is 4.24. The van der Waals surface area contributed by atoms with Gasteiger partial charge in [-0.3, -0.25) is 9.80 Å². The van der Waals surface area contributed by atoms with E-state index in [0.29, 0.717) is 0 Å². The molecular formula is C14H31N3. The van der Waals surface area contributed by atoms with Crippen molar-refractivity contribution in [1.29, 1.82) is 0 Å². The molecule has 0 amide bonds. The van der Waals surface area contributed by atoms with Crippen LogP contribution in [0.5, 0.6) is 0 Å². The van der Waals surface area contributed by atoms with Crippen LogP contribution >= 0.6 is 0 Å². The summed E-state index contributed by atoms with van der Waals surface area (Å²) in [4.78, 5) is 5.30. The van der Waals surface area contributed by atoms with Gasteiger partial charge in [0.25, 0.3) is 0 Å². The summed E-state index contributed by atoms with van der Waals surface area (Å²) in [5.41, 5.74) is 0. The van der Waals surface area contributed by atoms with Gasteiger partial charge >= 0.3 is 0 Å². The zero-order valence-corrected chi connectivity index (χ0v) is 12.2. The van der Waals surface area contributed by atoms with Gasteiger partial charge in [-0.1, -0.05) is 6.92 Å². The van der Waals surface area contributed by atoms with Crippen LogP contribution in [0.4, 0.5) is 0 Å². The lowest BCUT2D eigenvalue weighted by Crippen LogP contribution is -2.51. The van der Waals surface area contributed by atoms with Crippen LogP contribution in [-0.2, 0) is 0 Å². The molecule has 2 atom stereocenters. The molecule has 102 valence electrons. The lowest BCUT2D eigenvalue weighted by molar-refractivity contribution is 0.0743. The van der Waals surface area contributed by atoms with E-state index >= 15 is 0 Å². The number of hydrogen-bond acceptors (Lipinski definition) is 3. The molecule has 3 heteroatoms. The Morgan fingerprint density at radius 3 is 2.00 bits per heavy atom. The van der Waals surface area contributed by atoms with Crippen LogP contribution in [0.1, 0.15) is 40.0 Å². The minimum Gasteiger partial charge on any atom is -0.320 e. The highest BCUT2D eigenvalue weighted by Gasteiger charge is 2.22. The van der Waals surface area contributed by atoms with Crippen molar-refractivity contribution in [3.05, 3.63) is 0 Å². The van der Waals surface area contributed by atoms with Gasteiger partial charge in [0.2, 0.25) is 0 Å². The van der Waals surface area contributed by atoms with Crippen LogP contribution in [-0.4, -0.2) is 61.7 Å². The maximum atomic E-state index is 3.23. The van der Waals surface area contributed by atoms with Crippen molar-refractivity contribution in [2.24, 2.45) is 0 Å². The molecule has 1 aliphatic rings. The number of rotatable bonds is 7. The molecule has 3 nitrogen and oxygen atoms in total. The lowest BCUT2D eigenvalue weighted by Gasteiger charge is -2.40. The monoisotopic (exact) mass is 241 g/mol. The number of hydrogen-bond donors (Lipinski definition) is 1. The number of nitrogens with zero attached hydrogens (tertiary/aromatic N) is 2. The zero-order valence-electron chi connectivity index (χ0n) is 12.2. The molecule has 0 aromatic heterocycles. The Kier molecular flexibility index (Phi) is 7.09. The average molecular weight is 241 g/mol. The predicted molar refractivity (Wildman–Crippen MR) is 75.5 cm³/mol. The normalized spacial score (nSPS) is 22.6. The van der Waals surface area contributed by atoms with E-state index in [-0.39, 0.29) is 0 Å². The van der Waals surface area contributed by atoms with Gasteiger partial charge in [0.05, 0.1) is 0 Å². The van der Waals surface area contributed by atoms with E-state index in [2.05, 4.69) is 35.9 Å². The van der Waals surface area contributed by atoms with E-state index in [1.807, 2.05) is 7.05 Å². The molecule has 17 heavy (non-hydrogen) atoms. The van der Waals surface area contributed by atoms with Gasteiger partial charge in [0.1, 0.15) is 0 Å². The topological polar surface area (TPSA) is 18.5 Å². The third kappa shape index (κ3) is 4.94. The predicted octanol–water partition coefficient (Wildman–Crippen LogP) is 1.79. The molecule has 1 rings (SSSR count). The molecule has 1 fully saturated rings. The van der Waals surface area contributed by atoms with Crippen molar-refractivity contribution < 1.29 is 0 Å². The first-order chi connectivity index (χ1) is 8.19. The molecule has 0 aliphatic carbocycles. The maximum absolute atomic E-state index is 3.23. The summed E-state index contributed by atoms with van der Waals surface area (Å²) in [5, 5.41) is 3.23. The second-order valence-electron chi connectivity index (χ2n) is 5.42. The largest absolute Gasteiger partial charge is 0.320 e. The third-order valence-electron chi connectivity index (χ3n) is 4.24. The van der Waals surface area contributed by atoms with E-state index < -0.39 is 0 Å². The van der Waals surface area contributed by atoms with Crippen LogP contribution in [0.2, 0.25) is 0 Å². The molecule has 2 unspecified atom stereocenters. The minimum absolute atomic E-state index is 0.752. The van der Waals surface area contributed by atoms with E-state index in [9.17, 15) is 0 Å². The number of piperazine rings is 1. The van der Waals surface area contributed by atoms with Gasteiger partial charge in [-0.15, -0.1) is 0 Å². The fourth-order valence-electron chi connectivity index (χ4n) is 2.63. The van der Waals surface area contributed by atoms with E-state index in [1.165, 1.54) is 45.4 Å². The smallest absolute Gasteiger partial charge is 0.0113 e. The first kappa shape index (κ1) is 14.9. The van der Waals surface area contributed by atoms with Gasteiger partial charge in [-0.25, -0.2) is 0 Å². The second-order valence-corrected chi connectivity index (χ2v) is 5.42. The molecule has 1 aliphatic heterocycles. The van der Waals surface area contributed by atoms with Crippen molar-refractivity contribution >= 4 is 0 Å². The van der Waals surface area contributed by atoms with Crippen molar-refractivity contribution in [2.75, 3.05) is 39.8 Å². The van der Waals surface area contributed by atoms with Crippen molar-refractivity contribution in [3.63, 3.8) is 0 Å². The van der Waals surface area contributed by atoms with E-state index in [0.717, 1.165) is 18.6 Å². The summed E-state index contributed by atoms with van der Waals surface area (Å²) in [6, 6.07) is 1.51. The molecule has 0 aromatic rings. The molecule has 0 radical (unpaired) electrons. The lowest BCUT2D eigenvalue weighted by atomic mass is 10.1. The Bertz CT molecular complexity index is 188. The van der Waals surface area contributed by atoms with Gasteiger partial charge in [0.15, 0.2) is 0 Å². The summed E-state index contributed by atoms with van der Waals surface area (Å²) < 4.78 is 0. The van der Waals surface area contributed by atoms with Crippen molar-refractivity contribution in [2.45, 2.75) is 52.1 Å². The standard InChI is InChI=1S/C14H31N3/c1-5-13(2)16-9-11-17(12-10-16)14(3)7-6-8-15-4/h13-15H,5-12H2,1-4H3. The summed E-state index contributed by atoms with van der Waals surface area (Å²) in [7, 11) is 2.04. The van der Waals surface area contributed by atoms with Gasteiger partial charge in [-0.05, 0) is 46.7 Å². The van der Waals surface area contributed by atoms with E-state index in [4.69, 9.17) is 0 Å². The van der Waals surface area contributed by atoms with Crippen LogP contribution in [0.25, 0.3) is 0 Å². The van der Waals surface area contributed by atoms with Crippen LogP contribution in [0.3, 0.4) is 0 Å². The Balaban J connectivity index is 2.21. The van der Waals surface area contributed by atoms with Crippen LogP contribution < -0.4 is 5.32 Å². The second kappa shape index (κ2) is 8.06. The molecule has 1 saturated heterocycles. The van der Waals surface area contributed by atoms with Gasteiger partial charge in [0, 0.05) is 38.3 Å². The first-order valence-corrected chi connectivity index (χ1v) is 7.31. The SMILES string of the molecule is CCC(C)N1CCN(C(C)CCCNC)CC1. The fourth-order valence-corrected chi connectivity index (χ4v) is 2.63. The van der Waals surface area contributed by atoms with E-state index in [1.54, 1.807) is 0 Å². The Labute approximate surface area is 108 Å². The Hall–Kier alpha value is -0.120. The molecule has 0 bridgehead atoms. The zero-order chi connectivity index (χ0) is 12.7. The summed E-state index contributed by atoms with van der Waals surface area (Å²) in [6.07, 6.45) is 3.89. The molecule has 0 aromatic carbocycles. The Morgan fingerprint density at radius 1 is 1.00 bits per heavy atom. The highest BCUT2D eigenvalue weighted by Crippen LogP contribution is 2.13. The van der Waals surface area contributed by atoms with Crippen molar-refractivity contribution in [1.82, 2.24) is 15.1 Å². The summed E-state index contributed by atoms with van der Waals surface area (Å²) in [5.74, 6) is 0. The van der Waals surface area contributed by atoms with Gasteiger partial charge < -0.3 is 5.32 Å². The first-order valence-electron chi connectivity index (χ1n) is 7.31. The number of nitrogens with one attached hydrogen (secondary N) is 1. The maximum Gasteiger partial charge on any atom is 0.0113 e. The van der Waals surface area contributed by atoms with Gasteiger partial charge in [-0.2, -0.15) is 0 Å². The van der Waals surface area contributed by atoms with Crippen LogP contribution in [0.15, 0.2) is 0 Å². The summed E-state index contributed by atoms with van der Waals surface area (Å²) >= 11 is 0. The quantitative estimate of drug-likeness (QED) is 0.686. The summed E-state index contributed by atoms with van der Waals surface area (Å²) in [6.45, 7) is 13.2. The molecule has 0 spiro atoms.